The van der Waals surface area contributed by atoms with Gasteiger partial charge in [0, 0.05) is 5.54 Å². The van der Waals surface area contributed by atoms with E-state index in [9.17, 15) is 8.42 Å². The Morgan fingerprint density at radius 1 is 1.50 bits per heavy atom. The summed E-state index contributed by atoms with van der Waals surface area (Å²) >= 11 is 0. The van der Waals surface area contributed by atoms with Crippen LogP contribution in [0.5, 0.6) is 0 Å². The van der Waals surface area contributed by atoms with Crippen LogP contribution in [0.25, 0.3) is 0 Å². The molecule has 2 N–H and O–H groups in total. The SMILES string of the molecule is CC1(NS(=O)(=O)c2ccc(CO)o2)CCC1. The summed E-state index contributed by atoms with van der Waals surface area (Å²) in [5, 5.41) is 8.66. The molecule has 0 aromatic carbocycles. The largest absolute Gasteiger partial charge is 0.446 e. The second-order valence-corrected chi connectivity index (χ2v) is 6.01. The number of hydrogen-bond donors (Lipinski definition) is 2. The Bertz CT molecular complexity index is 473. The van der Waals surface area contributed by atoms with Crippen LogP contribution < -0.4 is 4.72 Å². The van der Waals surface area contributed by atoms with Gasteiger partial charge in [0.2, 0.25) is 5.09 Å². The van der Waals surface area contributed by atoms with Crippen LogP contribution >= 0.6 is 0 Å². The highest BCUT2D eigenvalue weighted by Gasteiger charge is 2.37. The summed E-state index contributed by atoms with van der Waals surface area (Å²) in [5.41, 5.74) is -0.342. The molecule has 1 heterocycles. The van der Waals surface area contributed by atoms with Crippen LogP contribution in [0.4, 0.5) is 0 Å². The van der Waals surface area contributed by atoms with E-state index in [0.717, 1.165) is 19.3 Å². The Hall–Kier alpha value is -0.850. The quantitative estimate of drug-likeness (QED) is 0.829. The fourth-order valence-corrected chi connectivity index (χ4v) is 3.19. The molecule has 1 aliphatic carbocycles. The van der Waals surface area contributed by atoms with Gasteiger partial charge in [-0.05, 0) is 38.3 Å². The number of rotatable bonds is 4. The topological polar surface area (TPSA) is 79.5 Å². The Balaban J connectivity index is 2.18. The van der Waals surface area contributed by atoms with Crippen molar-refractivity contribution in [2.75, 3.05) is 0 Å². The third-order valence-corrected chi connectivity index (χ3v) is 4.41. The number of nitrogens with one attached hydrogen (secondary N) is 1. The average molecular weight is 245 g/mol. The molecule has 2 rings (SSSR count). The van der Waals surface area contributed by atoms with Crippen LogP contribution in [0.15, 0.2) is 21.6 Å². The second kappa shape index (κ2) is 3.87. The van der Waals surface area contributed by atoms with Crippen molar-refractivity contribution < 1.29 is 17.9 Å². The molecular weight excluding hydrogens is 230 g/mol. The predicted octanol–water partition coefficient (Wildman–Crippen LogP) is 0.993. The molecule has 0 saturated heterocycles. The molecule has 1 fully saturated rings. The van der Waals surface area contributed by atoms with Crippen molar-refractivity contribution in [3.63, 3.8) is 0 Å². The van der Waals surface area contributed by atoms with Crippen molar-refractivity contribution in [3.8, 4) is 0 Å². The summed E-state index contributed by atoms with van der Waals surface area (Å²) in [7, 11) is -3.60. The maximum atomic E-state index is 11.9. The van der Waals surface area contributed by atoms with Crippen molar-refractivity contribution in [1.82, 2.24) is 4.72 Å². The average Bonchev–Trinajstić information content (AvgIpc) is 2.63. The van der Waals surface area contributed by atoms with E-state index >= 15 is 0 Å². The molecule has 0 spiro atoms. The molecule has 1 aromatic heterocycles. The fourth-order valence-electron chi connectivity index (χ4n) is 1.77. The summed E-state index contributed by atoms with van der Waals surface area (Å²) in [5.74, 6) is 0.249. The number of aliphatic hydroxyl groups excluding tert-OH is 1. The molecule has 90 valence electrons. The monoisotopic (exact) mass is 245 g/mol. The summed E-state index contributed by atoms with van der Waals surface area (Å²) < 4.78 is 31.4. The lowest BCUT2D eigenvalue weighted by molar-refractivity contribution is 0.231. The van der Waals surface area contributed by atoms with Crippen molar-refractivity contribution >= 4 is 10.0 Å². The van der Waals surface area contributed by atoms with Crippen molar-refractivity contribution in [1.29, 1.82) is 0 Å². The molecule has 1 aliphatic rings. The van der Waals surface area contributed by atoms with Crippen LogP contribution in [0.2, 0.25) is 0 Å². The zero-order chi connectivity index (χ0) is 11.8. The van der Waals surface area contributed by atoms with Gasteiger partial charge >= 0.3 is 0 Å². The maximum absolute atomic E-state index is 11.9. The molecule has 16 heavy (non-hydrogen) atoms. The zero-order valence-electron chi connectivity index (χ0n) is 9.06. The Morgan fingerprint density at radius 3 is 2.62 bits per heavy atom. The second-order valence-electron chi connectivity index (χ2n) is 4.40. The Morgan fingerprint density at radius 2 is 2.19 bits per heavy atom. The van der Waals surface area contributed by atoms with Gasteiger partial charge in [-0.25, -0.2) is 13.1 Å². The minimum Gasteiger partial charge on any atom is -0.446 e. The van der Waals surface area contributed by atoms with Crippen LogP contribution in [-0.4, -0.2) is 19.1 Å². The zero-order valence-corrected chi connectivity index (χ0v) is 9.88. The summed E-state index contributed by atoms with van der Waals surface area (Å²) in [4.78, 5) is 0. The van der Waals surface area contributed by atoms with E-state index in [1.54, 1.807) is 0 Å². The van der Waals surface area contributed by atoms with Gasteiger partial charge in [0.25, 0.3) is 10.0 Å². The van der Waals surface area contributed by atoms with Gasteiger partial charge in [-0.15, -0.1) is 0 Å². The highest BCUT2D eigenvalue weighted by Crippen LogP contribution is 2.32. The van der Waals surface area contributed by atoms with E-state index in [-0.39, 0.29) is 23.0 Å². The molecular formula is C10H15NO4S. The number of furan rings is 1. The van der Waals surface area contributed by atoms with Gasteiger partial charge in [-0.2, -0.15) is 0 Å². The lowest BCUT2D eigenvalue weighted by Crippen LogP contribution is -2.50. The molecule has 0 radical (unpaired) electrons. The molecule has 0 bridgehead atoms. The van der Waals surface area contributed by atoms with Gasteiger partial charge in [0.05, 0.1) is 0 Å². The van der Waals surface area contributed by atoms with Crippen molar-refractivity contribution in [2.24, 2.45) is 0 Å². The van der Waals surface area contributed by atoms with Gasteiger partial charge in [-0.3, -0.25) is 0 Å². The van der Waals surface area contributed by atoms with Gasteiger partial charge < -0.3 is 9.52 Å². The van der Waals surface area contributed by atoms with E-state index in [1.807, 2.05) is 6.92 Å². The first kappa shape index (κ1) is 11.6. The molecule has 5 nitrogen and oxygen atoms in total. The van der Waals surface area contributed by atoms with E-state index < -0.39 is 10.0 Å². The fraction of sp³-hybridized carbons (Fsp3) is 0.600. The molecule has 0 aliphatic heterocycles. The lowest BCUT2D eigenvalue weighted by Gasteiger charge is -2.38. The third kappa shape index (κ3) is 2.14. The lowest BCUT2D eigenvalue weighted by atomic mass is 9.80. The summed E-state index contributed by atoms with van der Waals surface area (Å²) in [6, 6.07) is 2.81. The van der Waals surface area contributed by atoms with E-state index in [0.29, 0.717) is 0 Å². The van der Waals surface area contributed by atoms with E-state index in [1.165, 1.54) is 12.1 Å². The number of hydrogen-bond acceptors (Lipinski definition) is 4. The Kier molecular flexibility index (Phi) is 2.81. The van der Waals surface area contributed by atoms with Gasteiger partial charge in [0.1, 0.15) is 12.4 Å². The highest BCUT2D eigenvalue weighted by atomic mass is 32.2. The normalized spacial score (nSPS) is 19.4. The third-order valence-electron chi connectivity index (χ3n) is 2.90. The van der Waals surface area contributed by atoms with Crippen LogP contribution in [0, 0.1) is 0 Å². The first-order valence-electron chi connectivity index (χ1n) is 5.19. The number of aliphatic hydroxyl groups is 1. The van der Waals surface area contributed by atoms with Gasteiger partial charge in [0.15, 0.2) is 0 Å². The molecule has 0 unspecified atom stereocenters. The first-order chi connectivity index (χ1) is 7.45. The predicted molar refractivity (Wildman–Crippen MR) is 57.2 cm³/mol. The van der Waals surface area contributed by atoms with E-state index in [4.69, 9.17) is 9.52 Å². The maximum Gasteiger partial charge on any atom is 0.274 e. The summed E-state index contributed by atoms with van der Waals surface area (Å²) in [6.07, 6.45) is 2.73. The van der Waals surface area contributed by atoms with Crippen LogP contribution in [0.1, 0.15) is 31.9 Å². The Labute approximate surface area is 94.5 Å². The van der Waals surface area contributed by atoms with Crippen LogP contribution in [0.3, 0.4) is 0 Å². The minimum absolute atomic E-state index is 0.135. The first-order valence-corrected chi connectivity index (χ1v) is 6.67. The van der Waals surface area contributed by atoms with Crippen LogP contribution in [-0.2, 0) is 16.6 Å². The molecule has 0 amide bonds. The number of sulfonamides is 1. The minimum atomic E-state index is -3.60. The molecule has 1 aromatic rings. The molecule has 1 saturated carbocycles. The van der Waals surface area contributed by atoms with Gasteiger partial charge in [-0.1, -0.05) is 0 Å². The summed E-state index contributed by atoms with van der Waals surface area (Å²) in [6.45, 7) is 1.58. The standard InChI is InChI=1S/C10H15NO4S/c1-10(5-2-6-10)11-16(13,14)9-4-3-8(7-12)15-9/h3-4,11-12H,2,5-7H2,1H3. The highest BCUT2D eigenvalue weighted by molar-refractivity contribution is 7.89. The van der Waals surface area contributed by atoms with Crippen molar-refractivity contribution in [3.05, 3.63) is 17.9 Å². The smallest absolute Gasteiger partial charge is 0.274 e. The molecule has 6 heteroatoms. The molecule has 0 atom stereocenters. The van der Waals surface area contributed by atoms with Crippen molar-refractivity contribution in [2.45, 2.75) is 43.4 Å². The van der Waals surface area contributed by atoms with E-state index in [2.05, 4.69) is 4.72 Å².